The van der Waals surface area contributed by atoms with Crippen molar-refractivity contribution in [1.82, 2.24) is 10.2 Å². The van der Waals surface area contributed by atoms with Crippen LogP contribution in [-0.4, -0.2) is 16.6 Å². The average molecular weight is 399 g/mol. The zero-order chi connectivity index (χ0) is 20.5. The molecule has 3 rings (SSSR count). The van der Waals surface area contributed by atoms with Crippen molar-refractivity contribution < 1.29 is 31.1 Å². The summed E-state index contributed by atoms with van der Waals surface area (Å²) in [5.74, 6) is -0.383. The number of alkyl halides is 6. The van der Waals surface area contributed by atoms with Gasteiger partial charge in [-0.25, -0.2) is 0 Å². The van der Waals surface area contributed by atoms with Crippen LogP contribution < -0.4 is 10.5 Å². The fourth-order valence-corrected chi connectivity index (χ4v) is 2.49. The molecule has 0 fully saturated rings. The Kier molecular flexibility index (Phi) is 4.88. The maximum atomic E-state index is 12.8. The van der Waals surface area contributed by atoms with Crippen molar-refractivity contribution in [2.45, 2.75) is 12.5 Å². The predicted octanol–water partition coefficient (Wildman–Crippen LogP) is 5.31. The lowest BCUT2D eigenvalue weighted by Crippen LogP contribution is -2.16. The van der Waals surface area contributed by atoms with E-state index >= 15 is 0 Å². The van der Waals surface area contributed by atoms with Crippen molar-refractivity contribution in [2.24, 2.45) is 0 Å². The van der Waals surface area contributed by atoms with Crippen molar-refractivity contribution >= 4 is 5.82 Å². The number of hydrogen-bond acceptors (Lipinski definition) is 4. The van der Waals surface area contributed by atoms with E-state index in [1.807, 2.05) is 0 Å². The molecule has 1 aromatic heterocycles. The van der Waals surface area contributed by atoms with Crippen LogP contribution in [-0.2, 0) is 6.18 Å². The first-order chi connectivity index (χ1) is 13.0. The first kappa shape index (κ1) is 19.5. The quantitative estimate of drug-likeness (QED) is 0.607. The fraction of sp³-hybridized carbons (Fsp3) is 0.111. The Morgan fingerprint density at radius 1 is 0.750 bits per heavy atom. The second-order valence-corrected chi connectivity index (χ2v) is 5.68. The molecule has 0 unspecified atom stereocenters. The molecule has 10 heteroatoms. The summed E-state index contributed by atoms with van der Waals surface area (Å²) in [6.45, 7) is 0. The molecule has 3 aromatic rings. The van der Waals surface area contributed by atoms with Gasteiger partial charge in [-0.1, -0.05) is 12.1 Å². The molecule has 0 aliphatic heterocycles. The average Bonchev–Trinajstić information content (AvgIpc) is 2.60. The molecule has 0 bridgehead atoms. The van der Waals surface area contributed by atoms with Crippen LogP contribution in [0.4, 0.5) is 32.2 Å². The summed E-state index contributed by atoms with van der Waals surface area (Å²) in [5.41, 5.74) is 6.22. The van der Waals surface area contributed by atoms with Gasteiger partial charge in [0.1, 0.15) is 17.3 Å². The number of hydrogen-bond donors (Lipinski definition) is 1. The smallest absolute Gasteiger partial charge is 0.406 e. The van der Waals surface area contributed by atoms with Crippen LogP contribution in [0.15, 0.2) is 54.6 Å². The summed E-state index contributed by atoms with van der Waals surface area (Å²) in [6, 6.07) is 10.6. The number of benzene rings is 2. The van der Waals surface area contributed by atoms with Crippen LogP contribution in [0.25, 0.3) is 22.4 Å². The van der Waals surface area contributed by atoms with Crippen molar-refractivity contribution in [3.8, 4) is 28.1 Å². The Bertz CT molecular complexity index is 967. The second-order valence-electron chi connectivity index (χ2n) is 5.68. The molecule has 28 heavy (non-hydrogen) atoms. The summed E-state index contributed by atoms with van der Waals surface area (Å²) >= 11 is 0. The molecule has 4 nitrogen and oxygen atoms in total. The van der Waals surface area contributed by atoms with Gasteiger partial charge >= 0.3 is 12.5 Å². The molecular weight excluding hydrogens is 388 g/mol. The first-order valence-electron chi connectivity index (χ1n) is 7.70. The summed E-state index contributed by atoms with van der Waals surface area (Å²) < 4.78 is 78.9. The van der Waals surface area contributed by atoms with Crippen LogP contribution in [0, 0.1) is 0 Å². The number of anilines is 1. The number of rotatable bonds is 3. The molecule has 0 saturated carbocycles. The van der Waals surface area contributed by atoms with E-state index in [0.29, 0.717) is 16.7 Å². The van der Waals surface area contributed by atoms with Gasteiger partial charge in [0.25, 0.3) is 0 Å². The van der Waals surface area contributed by atoms with E-state index in [9.17, 15) is 26.3 Å². The Morgan fingerprint density at radius 3 is 1.86 bits per heavy atom. The number of nitrogens with two attached hydrogens (primary N) is 1. The minimum atomic E-state index is -4.83. The molecule has 146 valence electrons. The molecule has 1 heterocycles. The summed E-state index contributed by atoms with van der Waals surface area (Å²) in [4.78, 5) is 0. The minimum absolute atomic E-state index is 0.0377. The van der Waals surface area contributed by atoms with E-state index in [4.69, 9.17) is 5.73 Å². The van der Waals surface area contributed by atoms with E-state index in [-0.39, 0.29) is 11.5 Å². The number of nitrogens with zero attached hydrogens (tertiary/aromatic N) is 2. The Morgan fingerprint density at radius 2 is 1.32 bits per heavy atom. The van der Waals surface area contributed by atoms with Gasteiger partial charge in [-0.05, 0) is 48.0 Å². The highest BCUT2D eigenvalue weighted by molar-refractivity contribution is 5.81. The largest absolute Gasteiger partial charge is 0.573 e. The van der Waals surface area contributed by atoms with Crippen molar-refractivity contribution in [3.63, 3.8) is 0 Å². The van der Waals surface area contributed by atoms with Crippen molar-refractivity contribution in [2.75, 3.05) is 5.73 Å². The summed E-state index contributed by atoms with van der Waals surface area (Å²) in [7, 11) is 0. The molecule has 0 spiro atoms. The van der Waals surface area contributed by atoms with Gasteiger partial charge in [0.15, 0.2) is 0 Å². The molecule has 0 aliphatic rings. The standard InChI is InChI=1S/C18H11F6N3O/c19-17(20,21)12-5-1-10(2-6-12)14-9-15(25)26-27-16(14)11-3-7-13(8-4-11)28-18(22,23)24/h1-9H,(H2,25,26). The fourth-order valence-electron chi connectivity index (χ4n) is 2.49. The molecule has 2 aromatic carbocycles. The molecule has 0 atom stereocenters. The first-order valence-corrected chi connectivity index (χ1v) is 7.70. The van der Waals surface area contributed by atoms with Crippen molar-refractivity contribution in [3.05, 3.63) is 60.2 Å². The monoisotopic (exact) mass is 399 g/mol. The predicted molar refractivity (Wildman–Crippen MR) is 89.0 cm³/mol. The third-order valence-corrected chi connectivity index (χ3v) is 3.70. The Hall–Kier alpha value is -3.30. The number of halogens is 6. The molecular formula is C18H11F6N3O. The highest BCUT2D eigenvalue weighted by Gasteiger charge is 2.31. The van der Waals surface area contributed by atoms with Crippen LogP contribution in [0.3, 0.4) is 0 Å². The van der Waals surface area contributed by atoms with Gasteiger partial charge in [-0.2, -0.15) is 13.2 Å². The van der Waals surface area contributed by atoms with Crippen LogP contribution in [0.2, 0.25) is 0 Å². The van der Waals surface area contributed by atoms with Gasteiger partial charge in [0.2, 0.25) is 0 Å². The topological polar surface area (TPSA) is 61.0 Å². The van der Waals surface area contributed by atoms with Crippen LogP contribution in [0.5, 0.6) is 5.75 Å². The van der Waals surface area contributed by atoms with Gasteiger partial charge in [0, 0.05) is 11.1 Å². The highest BCUT2D eigenvalue weighted by Crippen LogP contribution is 2.35. The zero-order valence-electron chi connectivity index (χ0n) is 13.8. The highest BCUT2D eigenvalue weighted by atomic mass is 19.4. The molecule has 0 aliphatic carbocycles. The van der Waals surface area contributed by atoms with Gasteiger partial charge in [-0.3, -0.25) is 0 Å². The summed E-state index contributed by atoms with van der Waals surface area (Å²) in [6.07, 6.45) is -9.31. The minimum Gasteiger partial charge on any atom is -0.406 e. The van der Waals surface area contributed by atoms with Crippen LogP contribution in [0.1, 0.15) is 5.56 Å². The number of aromatic nitrogens is 2. The lowest BCUT2D eigenvalue weighted by atomic mass is 9.99. The molecule has 0 saturated heterocycles. The normalized spacial score (nSPS) is 12.1. The van der Waals surface area contributed by atoms with Gasteiger partial charge < -0.3 is 10.5 Å². The second kappa shape index (κ2) is 7.02. The number of ether oxygens (including phenoxy) is 1. The number of nitrogen functional groups attached to an aromatic ring is 1. The van der Waals surface area contributed by atoms with E-state index in [0.717, 1.165) is 24.3 Å². The Balaban J connectivity index is 2.00. The molecule has 2 N–H and O–H groups in total. The lowest BCUT2D eigenvalue weighted by molar-refractivity contribution is -0.274. The van der Waals surface area contributed by atoms with Gasteiger partial charge in [0.05, 0.1) is 5.56 Å². The maximum absolute atomic E-state index is 12.8. The van der Waals surface area contributed by atoms with E-state index in [1.54, 1.807) is 0 Å². The Labute approximate surface area is 154 Å². The third kappa shape index (κ3) is 4.51. The maximum Gasteiger partial charge on any atom is 0.573 e. The molecule has 0 radical (unpaired) electrons. The third-order valence-electron chi connectivity index (χ3n) is 3.70. The van der Waals surface area contributed by atoms with E-state index in [1.165, 1.54) is 30.3 Å². The zero-order valence-corrected chi connectivity index (χ0v) is 13.8. The van der Waals surface area contributed by atoms with E-state index < -0.39 is 23.9 Å². The molecule has 0 amide bonds. The van der Waals surface area contributed by atoms with Gasteiger partial charge in [-0.15, -0.1) is 23.4 Å². The summed E-state index contributed by atoms with van der Waals surface area (Å²) in [5, 5.41) is 7.66. The van der Waals surface area contributed by atoms with Crippen molar-refractivity contribution in [1.29, 1.82) is 0 Å². The SMILES string of the molecule is Nc1cc(-c2ccc(C(F)(F)F)cc2)c(-c2ccc(OC(F)(F)F)cc2)nn1. The van der Waals surface area contributed by atoms with Crippen LogP contribution >= 0.6 is 0 Å². The van der Waals surface area contributed by atoms with E-state index in [2.05, 4.69) is 14.9 Å². The lowest BCUT2D eigenvalue weighted by Gasteiger charge is -2.12.